The van der Waals surface area contributed by atoms with Gasteiger partial charge in [-0.3, -0.25) is 10.1 Å². The number of carbonyl (C=O) groups excluding carboxylic acids is 1. The molecule has 1 saturated carbocycles. The molecule has 1 aliphatic heterocycles. The summed E-state index contributed by atoms with van der Waals surface area (Å²) in [7, 11) is 1.46. The molecule has 2 atom stereocenters. The van der Waals surface area contributed by atoms with Crippen LogP contribution in [0.15, 0.2) is 0 Å². The Morgan fingerprint density at radius 1 is 1.53 bits per heavy atom. The molecule has 2 aliphatic rings. The highest BCUT2D eigenvalue weighted by Crippen LogP contribution is 2.31. The number of ether oxygens (including phenoxy) is 2. The SMILES string of the molecule is COC(=O)C1(NC2CC2)CCOC(C)C1. The van der Waals surface area contributed by atoms with Gasteiger partial charge >= 0.3 is 5.97 Å². The summed E-state index contributed by atoms with van der Waals surface area (Å²) in [4.78, 5) is 11.9. The first-order valence-corrected chi connectivity index (χ1v) is 5.64. The molecule has 0 radical (unpaired) electrons. The monoisotopic (exact) mass is 213 g/mol. The van der Waals surface area contributed by atoms with Crippen LogP contribution < -0.4 is 5.32 Å². The molecular formula is C11H19NO3. The highest BCUT2D eigenvalue weighted by molar-refractivity contribution is 5.81. The number of carbonyl (C=O) groups is 1. The predicted molar refractivity (Wildman–Crippen MR) is 55.6 cm³/mol. The molecule has 86 valence electrons. The van der Waals surface area contributed by atoms with E-state index < -0.39 is 5.54 Å². The molecule has 1 aliphatic carbocycles. The summed E-state index contributed by atoms with van der Waals surface area (Å²) >= 11 is 0. The van der Waals surface area contributed by atoms with Gasteiger partial charge in [-0.25, -0.2) is 0 Å². The van der Waals surface area contributed by atoms with E-state index in [-0.39, 0.29) is 12.1 Å². The van der Waals surface area contributed by atoms with Crippen molar-refractivity contribution in [2.45, 2.75) is 50.3 Å². The van der Waals surface area contributed by atoms with E-state index in [0.29, 0.717) is 12.6 Å². The van der Waals surface area contributed by atoms with Crippen LogP contribution in [0.5, 0.6) is 0 Å². The Morgan fingerprint density at radius 2 is 2.27 bits per heavy atom. The molecule has 0 amide bonds. The maximum Gasteiger partial charge on any atom is 0.326 e. The summed E-state index contributed by atoms with van der Waals surface area (Å²) in [5.74, 6) is -0.135. The van der Waals surface area contributed by atoms with Crippen molar-refractivity contribution in [3.63, 3.8) is 0 Å². The van der Waals surface area contributed by atoms with Gasteiger partial charge in [0.2, 0.25) is 0 Å². The largest absolute Gasteiger partial charge is 0.468 e. The van der Waals surface area contributed by atoms with Crippen LogP contribution >= 0.6 is 0 Å². The van der Waals surface area contributed by atoms with Gasteiger partial charge in [0.1, 0.15) is 5.54 Å². The van der Waals surface area contributed by atoms with Crippen molar-refractivity contribution in [1.29, 1.82) is 0 Å². The van der Waals surface area contributed by atoms with Gasteiger partial charge in [0.15, 0.2) is 0 Å². The van der Waals surface area contributed by atoms with Gasteiger partial charge in [-0.1, -0.05) is 0 Å². The second-order valence-corrected chi connectivity index (χ2v) is 4.63. The zero-order chi connectivity index (χ0) is 10.9. The van der Waals surface area contributed by atoms with Gasteiger partial charge < -0.3 is 9.47 Å². The molecule has 2 rings (SSSR count). The quantitative estimate of drug-likeness (QED) is 0.706. The summed E-state index contributed by atoms with van der Waals surface area (Å²) < 4.78 is 10.4. The summed E-state index contributed by atoms with van der Waals surface area (Å²) in [6.45, 7) is 2.64. The van der Waals surface area contributed by atoms with E-state index in [0.717, 1.165) is 12.8 Å². The molecule has 2 fully saturated rings. The van der Waals surface area contributed by atoms with Crippen LogP contribution in [0.3, 0.4) is 0 Å². The molecule has 0 bridgehead atoms. The Morgan fingerprint density at radius 3 is 2.80 bits per heavy atom. The molecule has 15 heavy (non-hydrogen) atoms. The number of rotatable bonds is 3. The summed E-state index contributed by atoms with van der Waals surface area (Å²) in [5, 5.41) is 3.43. The molecule has 1 N–H and O–H groups in total. The molecule has 0 aromatic heterocycles. The smallest absolute Gasteiger partial charge is 0.326 e. The third kappa shape index (κ3) is 2.32. The number of nitrogens with one attached hydrogen (secondary N) is 1. The summed E-state index contributed by atoms with van der Waals surface area (Å²) in [6.07, 6.45) is 3.92. The molecule has 2 unspecified atom stereocenters. The Balaban J connectivity index is 2.08. The number of hydrogen-bond donors (Lipinski definition) is 1. The summed E-state index contributed by atoms with van der Waals surface area (Å²) in [6, 6.07) is 0.509. The second kappa shape index (κ2) is 4.10. The highest BCUT2D eigenvalue weighted by atomic mass is 16.5. The van der Waals surface area contributed by atoms with E-state index in [4.69, 9.17) is 9.47 Å². The molecule has 1 heterocycles. The minimum Gasteiger partial charge on any atom is -0.468 e. The number of hydrogen-bond acceptors (Lipinski definition) is 4. The van der Waals surface area contributed by atoms with E-state index in [1.165, 1.54) is 20.0 Å². The van der Waals surface area contributed by atoms with Crippen LogP contribution in [-0.4, -0.2) is 37.4 Å². The first-order chi connectivity index (χ1) is 7.16. The van der Waals surface area contributed by atoms with Crippen LogP contribution in [0, 0.1) is 0 Å². The van der Waals surface area contributed by atoms with E-state index in [1.807, 2.05) is 6.92 Å². The first kappa shape index (κ1) is 10.9. The lowest BCUT2D eigenvalue weighted by Crippen LogP contribution is -2.58. The van der Waals surface area contributed by atoms with E-state index >= 15 is 0 Å². The van der Waals surface area contributed by atoms with Crippen molar-refractivity contribution >= 4 is 5.97 Å². The zero-order valence-corrected chi connectivity index (χ0v) is 9.41. The molecule has 1 saturated heterocycles. The van der Waals surface area contributed by atoms with Crippen LogP contribution in [0.4, 0.5) is 0 Å². The lowest BCUT2D eigenvalue weighted by Gasteiger charge is -2.38. The maximum atomic E-state index is 11.9. The van der Waals surface area contributed by atoms with E-state index in [1.54, 1.807) is 0 Å². The fraction of sp³-hybridized carbons (Fsp3) is 0.909. The van der Waals surface area contributed by atoms with E-state index in [9.17, 15) is 4.79 Å². The van der Waals surface area contributed by atoms with Gasteiger partial charge in [0, 0.05) is 19.1 Å². The molecule has 0 aromatic carbocycles. The van der Waals surface area contributed by atoms with Gasteiger partial charge in [0.25, 0.3) is 0 Å². The highest BCUT2D eigenvalue weighted by Gasteiger charge is 2.46. The predicted octanol–water partition coefficient (Wildman–Crippen LogP) is 0.849. The Kier molecular flexibility index (Phi) is 2.98. The Bertz CT molecular complexity index is 248. The average Bonchev–Trinajstić information content (AvgIpc) is 3.00. The molecule has 4 heteroatoms. The Labute approximate surface area is 90.3 Å². The van der Waals surface area contributed by atoms with Crippen molar-refractivity contribution in [1.82, 2.24) is 5.32 Å². The van der Waals surface area contributed by atoms with Crippen molar-refractivity contribution in [2.24, 2.45) is 0 Å². The van der Waals surface area contributed by atoms with Crippen LogP contribution in [0.1, 0.15) is 32.6 Å². The average molecular weight is 213 g/mol. The molecule has 0 aromatic rings. The first-order valence-electron chi connectivity index (χ1n) is 5.64. The standard InChI is InChI=1S/C11H19NO3/c1-8-7-11(5-6-15-8,10(13)14-2)12-9-3-4-9/h8-9,12H,3-7H2,1-2H3. The molecule has 4 nitrogen and oxygen atoms in total. The normalized spacial score (nSPS) is 36.3. The zero-order valence-electron chi connectivity index (χ0n) is 9.41. The Hall–Kier alpha value is -0.610. The van der Waals surface area contributed by atoms with E-state index in [2.05, 4.69) is 5.32 Å². The third-order valence-electron chi connectivity index (χ3n) is 3.20. The lowest BCUT2D eigenvalue weighted by molar-refractivity contribution is -0.155. The number of methoxy groups -OCH3 is 1. The van der Waals surface area contributed by atoms with Gasteiger partial charge in [0.05, 0.1) is 13.2 Å². The lowest BCUT2D eigenvalue weighted by atomic mass is 9.86. The second-order valence-electron chi connectivity index (χ2n) is 4.63. The van der Waals surface area contributed by atoms with Crippen LogP contribution in [0.25, 0.3) is 0 Å². The fourth-order valence-corrected chi connectivity index (χ4v) is 2.28. The van der Waals surface area contributed by atoms with Crippen LogP contribution in [0.2, 0.25) is 0 Å². The fourth-order valence-electron chi connectivity index (χ4n) is 2.28. The molecule has 0 spiro atoms. The van der Waals surface area contributed by atoms with Gasteiger partial charge in [-0.05, 0) is 26.2 Å². The minimum atomic E-state index is -0.492. The topological polar surface area (TPSA) is 47.6 Å². The summed E-state index contributed by atoms with van der Waals surface area (Å²) in [5.41, 5.74) is -0.492. The van der Waals surface area contributed by atoms with Crippen molar-refractivity contribution < 1.29 is 14.3 Å². The third-order valence-corrected chi connectivity index (χ3v) is 3.20. The minimum absolute atomic E-state index is 0.129. The molecular weight excluding hydrogens is 194 g/mol. The maximum absolute atomic E-state index is 11.9. The van der Waals surface area contributed by atoms with Gasteiger partial charge in [-0.15, -0.1) is 0 Å². The van der Waals surface area contributed by atoms with Crippen molar-refractivity contribution in [2.75, 3.05) is 13.7 Å². The van der Waals surface area contributed by atoms with Gasteiger partial charge in [-0.2, -0.15) is 0 Å². The van der Waals surface area contributed by atoms with Crippen LogP contribution in [-0.2, 0) is 14.3 Å². The van der Waals surface area contributed by atoms with Crippen molar-refractivity contribution in [3.05, 3.63) is 0 Å². The number of esters is 1. The van der Waals surface area contributed by atoms with Crippen molar-refractivity contribution in [3.8, 4) is 0 Å².